The quantitative estimate of drug-likeness (QED) is 0.383. The second kappa shape index (κ2) is 11.1. The first kappa shape index (κ1) is 24.5. The lowest BCUT2D eigenvalue weighted by Crippen LogP contribution is -2.48. The lowest BCUT2D eigenvalue weighted by molar-refractivity contribution is -0.143. The van der Waals surface area contributed by atoms with Gasteiger partial charge in [0.25, 0.3) is 17.8 Å². The highest BCUT2D eigenvalue weighted by Gasteiger charge is 2.36. The number of carbonyl (C=O) groups is 3. The standard InChI is InChI=1S/C21H24N4O3.C2H4O2/c1-3-28-21(25-12-16-10-13(2)4-9-17(16)20(25)27)19(26)24-11-14-5-7-15(8-6-14)18(22)23;1-2(3)4/h4-10,21H,3,11-12H2,1-2H3,(H3,22,23)(H,24,26);1H3,(H,3,4). The molecule has 1 aliphatic heterocycles. The van der Waals surface area contributed by atoms with E-state index in [0.29, 0.717) is 24.3 Å². The molecule has 2 aromatic rings. The fraction of sp³-hybridized carbons (Fsp3) is 0.304. The van der Waals surface area contributed by atoms with E-state index >= 15 is 0 Å². The average Bonchev–Trinajstić information content (AvgIpc) is 3.05. The molecular formula is C23H28N4O5. The summed E-state index contributed by atoms with van der Waals surface area (Å²) in [6, 6.07) is 12.7. The molecule has 3 rings (SSSR count). The molecular weight excluding hydrogens is 412 g/mol. The summed E-state index contributed by atoms with van der Waals surface area (Å²) < 4.78 is 5.61. The van der Waals surface area contributed by atoms with Gasteiger partial charge in [0.2, 0.25) is 6.23 Å². The van der Waals surface area contributed by atoms with Gasteiger partial charge in [-0.25, -0.2) is 0 Å². The number of nitrogens with zero attached hydrogens (tertiary/aromatic N) is 1. The van der Waals surface area contributed by atoms with Gasteiger partial charge in [-0.2, -0.15) is 0 Å². The molecule has 9 nitrogen and oxygen atoms in total. The van der Waals surface area contributed by atoms with Crippen LogP contribution in [0.25, 0.3) is 0 Å². The number of ether oxygens (including phenoxy) is 1. The Balaban J connectivity index is 0.000000837. The van der Waals surface area contributed by atoms with E-state index in [-0.39, 0.29) is 24.2 Å². The van der Waals surface area contributed by atoms with E-state index in [0.717, 1.165) is 23.6 Å². The van der Waals surface area contributed by atoms with Crippen molar-refractivity contribution >= 4 is 23.6 Å². The highest BCUT2D eigenvalue weighted by atomic mass is 16.5. The van der Waals surface area contributed by atoms with E-state index < -0.39 is 12.2 Å². The van der Waals surface area contributed by atoms with Crippen molar-refractivity contribution in [2.45, 2.75) is 40.1 Å². The summed E-state index contributed by atoms with van der Waals surface area (Å²) in [7, 11) is 0. The largest absolute Gasteiger partial charge is 0.481 e. The van der Waals surface area contributed by atoms with Gasteiger partial charge in [-0.3, -0.25) is 19.8 Å². The van der Waals surface area contributed by atoms with Crippen molar-refractivity contribution in [3.8, 4) is 0 Å². The molecule has 0 bridgehead atoms. The maximum Gasteiger partial charge on any atom is 0.300 e. The monoisotopic (exact) mass is 440 g/mol. The fourth-order valence-electron chi connectivity index (χ4n) is 3.21. The van der Waals surface area contributed by atoms with E-state index in [2.05, 4.69) is 5.32 Å². The van der Waals surface area contributed by atoms with Crippen LogP contribution in [0, 0.1) is 12.3 Å². The van der Waals surface area contributed by atoms with Crippen molar-refractivity contribution in [3.63, 3.8) is 0 Å². The number of amidine groups is 1. The van der Waals surface area contributed by atoms with Gasteiger partial charge in [0.15, 0.2) is 0 Å². The molecule has 1 aliphatic rings. The third kappa shape index (κ3) is 6.39. The number of fused-ring (bicyclic) bond motifs is 1. The van der Waals surface area contributed by atoms with Crippen LogP contribution in [0.2, 0.25) is 0 Å². The second-order valence-corrected chi connectivity index (χ2v) is 7.25. The zero-order chi connectivity index (χ0) is 23.8. The lowest BCUT2D eigenvalue weighted by Gasteiger charge is -2.26. The SMILES string of the molecule is CC(=O)O.CCOC(C(=O)NCc1ccc(C(=N)N)cc1)N1Cc2cc(C)ccc2C1=O. The Morgan fingerprint density at radius 2 is 1.88 bits per heavy atom. The molecule has 0 saturated heterocycles. The molecule has 170 valence electrons. The Hall–Kier alpha value is -3.72. The molecule has 32 heavy (non-hydrogen) atoms. The van der Waals surface area contributed by atoms with Crippen molar-refractivity contribution in [1.29, 1.82) is 5.41 Å². The third-order valence-corrected chi connectivity index (χ3v) is 4.66. The first-order valence-electron chi connectivity index (χ1n) is 10.1. The fourth-order valence-corrected chi connectivity index (χ4v) is 3.21. The number of nitrogens with one attached hydrogen (secondary N) is 2. The molecule has 0 radical (unpaired) electrons. The first-order valence-corrected chi connectivity index (χ1v) is 10.1. The van der Waals surface area contributed by atoms with Gasteiger partial charge >= 0.3 is 0 Å². The number of carboxylic acid groups (broad SMARTS) is 1. The van der Waals surface area contributed by atoms with Crippen molar-refractivity contribution in [3.05, 3.63) is 70.3 Å². The van der Waals surface area contributed by atoms with Crippen LogP contribution in [-0.2, 0) is 27.4 Å². The summed E-state index contributed by atoms with van der Waals surface area (Å²) in [5.41, 5.74) is 9.52. The van der Waals surface area contributed by atoms with E-state index in [1.165, 1.54) is 4.90 Å². The Labute approximate surface area is 186 Å². The minimum atomic E-state index is -0.985. The lowest BCUT2D eigenvalue weighted by atomic mass is 10.1. The molecule has 5 N–H and O–H groups in total. The van der Waals surface area contributed by atoms with Crippen LogP contribution in [0.3, 0.4) is 0 Å². The van der Waals surface area contributed by atoms with Crippen LogP contribution < -0.4 is 11.1 Å². The van der Waals surface area contributed by atoms with Gasteiger partial charge in [0.05, 0.1) is 0 Å². The topological polar surface area (TPSA) is 146 Å². The van der Waals surface area contributed by atoms with Gasteiger partial charge in [0, 0.05) is 37.7 Å². The molecule has 1 unspecified atom stereocenters. The number of aliphatic carboxylic acids is 1. The van der Waals surface area contributed by atoms with Crippen LogP contribution in [-0.4, -0.2) is 46.5 Å². The Kier molecular flexibility index (Phi) is 8.48. The van der Waals surface area contributed by atoms with Gasteiger partial charge < -0.3 is 25.8 Å². The van der Waals surface area contributed by atoms with Crippen molar-refractivity contribution < 1.29 is 24.2 Å². The van der Waals surface area contributed by atoms with Crippen LogP contribution in [0.4, 0.5) is 0 Å². The molecule has 0 aliphatic carbocycles. The summed E-state index contributed by atoms with van der Waals surface area (Å²) in [5.74, 6) is -1.40. The number of nitrogen functional groups attached to an aromatic ring is 1. The summed E-state index contributed by atoms with van der Waals surface area (Å²) in [6.45, 7) is 5.79. The Morgan fingerprint density at radius 3 is 2.44 bits per heavy atom. The predicted octanol–water partition coefficient (Wildman–Crippen LogP) is 2.00. The summed E-state index contributed by atoms with van der Waals surface area (Å²) in [5, 5.41) is 17.7. The summed E-state index contributed by atoms with van der Waals surface area (Å²) in [6.07, 6.45) is -0.985. The minimum absolute atomic E-state index is 0.00524. The molecule has 0 saturated carbocycles. The molecule has 1 heterocycles. The van der Waals surface area contributed by atoms with Crippen LogP contribution >= 0.6 is 0 Å². The van der Waals surface area contributed by atoms with Crippen LogP contribution in [0.15, 0.2) is 42.5 Å². The Morgan fingerprint density at radius 1 is 1.25 bits per heavy atom. The Bertz CT molecular complexity index is 1000. The summed E-state index contributed by atoms with van der Waals surface area (Å²) >= 11 is 0. The number of nitrogens with two attached hydrogens (primary N) is 1. The van der Waals surface area contributed by atoms with E-state index in [9.17, 15) is 9.59 Å². The summed E-state index contributed by atoms with van der Waals surface area (Å²) in [4.78, 5) is 35.9. The van der Waals surface area contributed by atoms with Crippen molar-refractivity contribution in [1.82, 2.24) is 10.2 Å². The normalized spacial score (nSPS) is 13.0. The molecule has 0 spiro atoms. The maximum absolute atomic E-state index is 12.7. The number of hydrogen-bond acceptors (Lipinski definition) is 5. The van der Waals surface area contributed by atoms with Crippen LogP contribution in [0.5, 0.6) is 0 Å². The number of aryl methyl sites for hydroxylation is 1. The van der Waals surface area contributed by atoms with E-state index in [1.54, 1.807) is 37.3 Å². The van der Waals surface area contributed by atoms with Crippen LogP contribution in [0.1, 0.15) is 46.5 Å². The number of rotatable bonds is 7. The number of benzene rings is 2. The molecule has 2 aromatic carbocycles. The number of amides is 2. The molecule has 9 heteroatoms. The van der Waals surface area contributed by atoms with Gasteiger partial charge in [-0.1, -0.05) is 42.0 Å². The first-order chi connectivity index (χ1) is 15.1. The minimum Gasteiger partial charge on any atom is -0.481 e. The second-order valence-electron chi connectivity index (χ2n) is 7.25. The van der Waals surface area contributed by atoms with E-state index in [4.69, 9.17) is 25.8 Å². The van der Waals surface area contributed by atoms with E-state index in [1.807, 2.05) is 19.1 Å². The molecule has 1 atom stereocenters. The molecule has 0 fully saturated rings. The van der Waals surface area contributed by atoms with Gasteiger partial charge in [-0.05, 0) is 31.0 Å². The zero-order valence-electron chi connectivity index (χ0n) is 18.3. The predicted molar refractivity (Wildman–Crippen MR) is 119 cm³/mol. The van der Waals surface area contributed by atoms with Gasteiger partial charge in [-0.15, -0.1) is 0 Å². The molecule has 0 aromatic heterocycles. The zero-order valence-corrected chi connectivity index (χ0v) is 18.3. The highest BCUT2D eigenvalue weighted by molar-refractivity contribution is 6.00. The maximum atomic E-state index is 12.7. The smallest absolute Gasteiger partial charge is 0.300 e. The van der Waals surface area contributed by atoms with Crippen molar-refractivity contribution in [2.24, 2.45) is 5.73 Å². The third-order valence-electron chi connectivity index (χ3n) is 4.66. The number of carboxylic acids is 1. The number of hydrogen-bond donors (Lipinski definition) is 4. The van der Waals surface area contributed by atoms with Gasteiger partial charge in [0.1, 0.15) is 5.84 Å². The highest BCUT2D eigenvalue weighted by Crippen LogP contribution is 2.26. The molecule has 2 amide bonds. The average molecular weight is 441 g/mol. The number of carbonyl (C=O) groups excluding carboxylic acids is 2. The van der Waals surface area contributed by atoms with Crippen molar-refractivity contribution in [2.75, 3.05) is 6.61 Å².